The van der Waals surface area contributed by atoms with Crippen LogP contribution in [0.1, 0.15) is 21.5 Å². The predicted octanol–water partition coefficient (Wildman–Crippen LogP) is 3.17. The van der Waals surface area contributed by atoms with Gasteiger partial charge in [0.25, 0.3) is 5.91 Å². The van der Waals surface area contributed by atoms with Crippen LogP contribution >= 0.6 is 0 Å². The molecule has 0 aliphatic carbocycles. The topological polar surface area (TPSA) is 119 Å². The minimum atomic E-state index is -3.69. The highest BCUT2D eigenvalue weighted by Crippen LogP contribution is 2.28. The second-order valence-electron chi connectivity index (χ2n) is 7.44. The number of benzene rings is 1. The molecular formula is C23H21N5O3S. The lowest BCUT2D eigenvalue weighted by molar-refractivity contribution is 0.0983. The van der Waals surface area contributed by atoms with Gasteiger partial charge >= 0.3 is 0 Å². The molecule has 8 nitrogen and oxygen atoms in total. The van der Waals surface area contributed by atoms with Crippen molar-refractivity contribution in [2.75, 3.05) is 16.9 Å². The van der Waals surface area contributed by atoms with E-state index < -0.39 is 9.84 Å². The highest BCUT2D eigenvalue weighted by Gasteiger charge is 2.26. The molecule has 0 bridgehead atoms. The minimum absolute atomic E-state index is 0.105. The first-order valence-electron chi connectivity index (χ1n) is 9.77. The van der Waals surface area contributed by atoms with E-state index in [-0.39, 0.29) is 23.2 Å². The van der Waals surface area contributed by atoms with Crippen molar-refractivity contribution in [3.05, 3.63) is 83.8 Å². The predicted molar refractivity (Wildman–Crippen MR) is 123 cm³/mol. The summed E-state index contributed by atoms with van der Waals surface area (Å²) in [5.74, 6) is 0.00863. The summed E-state index contributed by atoms with van der Waals surface area (Å²) in [5.41, 5.74) is 8.56. The fraction of sp³-hybridized carbons (Fsp3) is 0.130. The van der Waals surface area contributed by atoms with Gasteiger partial charge in [-0.15, -0.1) is 0 Å². The van der Waals surface area contributed by atoms with E-state index in [9.17, 15) is 13.2 Å². The van der Waals surface area contributed by atoms with Gasteiger partial charge in [0.05, 0.1) is 23.3 Å². The number of carbonyl (C=O) groups is 1. The highest BCUT2D eigenvalue weighted by atomic mass is 32.2. The van der Waals surface area contributed by atoms with Gasteiger partial charge in [0, 0.05) is 30.2 Å². The maximum atomic E-state index is 13.6. The van der Waals surface area contributed by atoms with Crippen LogP contribution in [-0.4, -0.2) is 35.5 Å². The lowest BCUT2D eigenvalue weighted by Crippen LogP contribution is -2.32. The third kappa shape index (κ3) is 4.28. The van der Waals surface area contributed by atoms with Gasteiger partial charge in [-0.25, -0.2) is 18.4 Å². The number of hydrogen-bond acceptors (Lipinski definition) is 7. The molecule has 3 heterocycles. The van der Waals surface area contributed by atoms with Crippen LogP contribution in [-0.2, 0) is 16.4 Å². The van der Waals surface area contributed by atoms with Gasteiger partial charge in [-0.3, -0.25) is 9.78 Å². The van der Waals surface area contributed by atoms with Gasteiger partial charge in [-0.05, 0) is 54.4 Å². The standard InChI is InChI=1S/C23H21N5O3S/c1-15-9-11-25-13-18(15)23(29)28(20-4-3-10-26-22(20)32(2,30)31)14-16-5-6-17-7-8-21(24)27-19(17)12-16/h3-13H,14H2,1-2H3,(H2,24,27). The largest absolute Gasteiger partial charge is 0.384 e. The quantitative estimate of drug-likeness (QED) is 0.499. The number of hydrogen-bond donors (Lipinski definition) is 1. The van der Waals surface area contributed by atoms with Crippen LogP contribution in [0, 0.1) is 6.92 Å². The third-order valence-electron chi connectivity index (χ3n) is 5.03. The number of nitrogen functional groups attached to an aromatic ring is 1. The molecule has 0 radical (unpaired) electrons. The molecule has 0 saturated heterocycles. The number of sulfone groups is 1. The monoisotopic (exact) mass is 447 g/mol. The SMILES string of the molecule is Cc1ccncc1C(=O)N(Cc1ccc2ccc(N)nc2c1)c1cccnc1S(C)(=O)=O. The first-order chi connectivity index (χ1) is 15.2. The van der Waals surface area contributed by atoms with Crippen molar-refractivity contribution in [3.63, 3.8) is 0 Å². The lowest BCUT2D eigenvalue weighted by Gasteiger charge is -2.25. The summed E-state index contributed by atoms with van der Waals surface area (Å²) in [6.07, 6.45) is 5.53. The maximum Gasteiger partial charge on any atom is 0.260 e. The summed E-state index contributed by atoms with van der Waals surface area (Å²) in [6.45, 7) is 1.91. The number of carbonyl (C=O) groups excluding carboxylic acids is 1. The summed E-state index contributed by atoms with van der Waals surface area (Å²) in [4.78, 5) is 27.5. The normalized spacial score (nSPS) is 11.4. The van der Waals surface area contributed by atoms with Crippen molar-refractivity contribution in [1.82, 2.24) is 15.0 Å². The Morgan fingerprint density at radius 1 is 1.09 bits per heavy atom. The highest BCUT2D eigenvalue weighted by molar-refractivity contribution is 7.90. The molecule has 0 aliphatic heterocycles. The molecule has 0 unspecified atom stereocenters. The van der Waals surface area contributed by atoms with Gasteiger partial charge in [-0.2, -0.15) is 0 Å². The number of anilines is 2. The summed E-state index contributed by atoms with van der Waals surface area (Å²) in [6, 6.07) is 14.1. The average molecular weight is 448 g/mol. The Morgan fingerprint density at radius 3 is 2.62 bits per heavy atom. The molecule has 0 saturated carbocycles. The van der Waals surface area contributed by atoms with E-state index in [1.807, 2.05) is 24.3 Å². The number of nitrogens with zero attached hydrogens (tertiary/aromatic N) is 4. The van der Waals surface area contributed by atoms with E-state index in [4.69, 9.17) is 5.73 Å². The first kappa shape index (κ1) is 21.4. The van der Waals surface area contributed by atoms with Crippen molar-refractivity contribution in [1.29, 1.82) is 0 Å². The molecule has 0 fully saturated rings. The van der Waals surface area contributed by atoms with Crippen molar-refractivity contribution < 1.29 is 13.2 Å². The number of rotatable bonds is 5. The molecular weight excluding hydrogens is 426 g/mol. The van der Waals surface area contributed by atoms with Crippen LogP contribution in [0.25, 0.3) is 10.9 Å². The zero-order valence-electron chi connectivity index (χ0n) is 17.6. The molecule has 4 rings (SSSR count). The molecule has 4 aromatic rings. The molecule has 0 spiro atoms. The Labute approximate surface area is 185 Å². The molecule has 32 heavy (non-hydrogen) atoms. The van der Waals surface area contributed by atoms with Crippen molar-refractivity contribution in [3.8, 4) is 0 Å². The summed E-state index contributed by atoms with van der Waals surface area (Å²) >= 11 is 0. The second kappa shape index (κ2) is 8.35. The minimum Gasteiger partial charge on any atom is -0.384 e. The maximum absolute atomic E-state index is 13.6. The summed E-state index contributed by atoms with van der Waals surface area (Å²) in [5, 5.41) is 0.736. The van der Waals surface area contributed by atoms with E-state index in [1.54, 1.807) is 37.4 Å². The van der Waals surface area contributed by atoms with Crippen molar-refractivity contribution in [2.45, 2.75) is 18.5 Å². The number of pyridine rings is 3. The molecule has 162 valence electrons. The Bertz CT molecular complexity index is 1440. The van der Waals surface area contributed by atoms with E-state index >= 15 is 0 Å². The zero-order chi connectivity index (χ0) is 22.9. The Balaban J connectivity index is 1.85. The van der Waals surface area contributed by atoms with Gasteiger partial charge in [0.15, 0.2) is 14.9 Å². The molecule has 0 aliphatic rings. The first-order valence-corrected chi connectivity index (χ1v) is 11.7. The van der Waals surface area contributed by atoms with Crippen LogP contribution in [0.5, 0.6) is 0 Å². The number of nitrogens with two attached hydrogens (primary N) is 1. The van der Waals surface area contributed by atoms with Crippen LogP contribution < -0.4 is 10.6 Å². The van der Waals surface area contributed by atoms with Crippen LogP contribution in [0.3, 0.4) is 0 Å². The van der Waals surface area contributed by atoms with E-state index in [0.29, 0.717) is 16.9 Å². The van der Waals surface area contributed by atoms with Gasteiger partial charge < -0.3 is 10.6 Å². The van der Waals surface area contributed by atoms with Gasteiger partial charge in [0.1, 0.15) is 5.82 Å². The Hall–Kier alpha value is -3.85. The van der Waals surface area contributed by atoms with Crippen molar-refractivity contribution in [2.24, 2.45) is 0 Å². The lowest BCUT2D eigenvalue weighted by atomic mass is 10.1. The zero-order valence-corrected chi connectivity index (χ0v) is 18.4. The van der Waals surface area contributed by atoms with Crippen LogP contribution in [0.15, 0.2) is 72.1 Å². The van der Waals surface area contributed by atoms with Gasteiger partial charge in [-0.1, -0.05) is 12.1 Å². The fourth-order valence-electron chi connectivity index (χ4n) is 3.43. The number of aromatic nitrogens is 3. The molecule has 1 aromatic carbocycles. The van der Waals surface area contributed by atoms with Gasteiger partial charge in [0.2, 0.25) is 0 Å². The molecule has 3 aromatic heterocycles. The smallest absolute Gasteiger partial charge is 0.260 e. The van der Waals surface area contributed by atoms with Crippen molar-refractivity contribution >= 4 is 38.2 Å². The average Bonchev–Trinajstić information content (AvgIpc) is 2.76. The van der Waals surface area contributed by atoms with E-state index in [1.165, 1.54) is 17.3 Å². The molecule has 9 heteroatoms. The number of amides is 1. The van der Waals surface area contributed by atoms with Crippen LogP contribution in [0.4, 0.5) is 11.5 Å². The van der Waals surface area contributed by atoms with E-state index in [2.05, 4.69) is 15.0 Å². The number of fused-ring (bicyclic) bond motifs is 1. The molecule has 0 atom stereocenters. The summed E-state index contributed by atoms with van der Waals surface area (Å²) < 4.78 is 24.8. The van der Waals surface area contributed by atoms with E-state index in [0.717, 1.165) is 22.8 Å². The Morgan fingerprint density at radius 2 is 1.88 bits per heavy atom. The third-order valence-corrected chi connectivity index (χ3v) is 6.04. The fourth-order valence-corrected chi connectivity index (χ4v) is 4.24. The Kier molecular flexibility index (Phi) is 5.58. The summed E-state index contributed by atoms with van der Waals surface area (Å²) in [7, 11) is -3.69. The van der Waals surface area contributed by atoms with Crippen LogP contribution in [0.2, 0.25) is 0 Å². The number of aryl methyl sites for hydroxylation is 1. The molecule has 1 amide bonds. The second-order valence-corrected chi connectivity index (χ2v) is 9.38. The molecule has 2 N–H and O–H groups in total.